The number of hydrogen-bond acceptors (Lipinski definition) is 2. The third-order valence-corrected chi connectivity index (χ3v) is 4.54. The summed E-state index contributed by atoms with van der Waals surface area (Å²) in [6, 6.07) is 15.7. The summed E-state index contributed by atoms with van der Waals surface area (Å²) in [5.74, 6) is 0.0264. The Morgan fingerprint density at radius 1 is 1.12 bits per heavy atom. The van der Waals surface area contributed by atoms with Crippen molar-refractivity contribution in [3.05, 3.63) is 71.5 Å². The van der Waals surface area contributed by atoms with E-state index in [2.05, 4.69) is 10.6 Å². The highest BCUT2D eigenvalue weighted by Gasteiger charge is 2.30. The number of carbonyl (C=O) groups is 1. The molecule has 0 spiro atoms. The van der Waals surface area contributed by atoms with Gasteiger partial charge in [-0.3, -0.25) is 4.79 Å². The monoisotopic (exact) mass is 348 g/mol. The molecule has 2 N–H and O–H groups in total. The van der Waals surface area contributed by atoms with Crippen LogP contribution in [0, 0.1) is 17.7 Å². The van der Waals surface area contributed by atoms with Gasteiger partial charge in [0.15, 0.2) is 0 Å². The first kappa shape index (κ1) is 18.4. The standard InChI is InChI=1S/C19H21FN2O.ClH/c1-13(16-11-21-12-16)19(23)22-18(14-6-3-2-4-7-14)15-8-5-9-17(20)10-15;/h2-10,13,16,18,21H,11-12H2,1H3,(H,22,23);1H. The summed E-state index contributed by atoms with van der Waals surface area (Å²) in [6.07, 6.45) is 0. The number of halogens is 2. The molecule has 1 heterocycles. The predicted octanol–water partition coefficient (Wildman–Crippen LogP) is 3.31. The van der Waals surface area contributed by atoms with Crippen LogP contribution < -0.4 is 10.6 Å². The SMILES string of the molecule is CC(C(=O)NC(c1ccccc1)c1cccc(F)c1)C1CNC1.Cl. The normalized spacial score (nSPS) is 16.4. The van der Waals surface area contributed by atoms with Crippen molar-refractivity contribution in [3.63, 3.8) is 0 Å². The van der Waals surface area contributed by atoms with Crippen LogP contribution in [-0.4, -0.2) is 19.0 Å². The number of benzene rings is 2. The van der Waals surface area contributed by atoms with E-state index in [0.717, 1.165) is 24.2 Å². The van der Waals surface area contributed by atoms with Gasteiger partial charge >= 0.3 is 0 Å². The van der Waals surface area contributed by atoms with Crippen molar-refractivity contribution < 1.29 is 9.18 Å². The number of hydrogen-bond donors (Lipinski definition) is 2. The molecule has 0 saturated carbocycles. The van der Waals surface area contributed by atoms with Crippen molar-refractivity contribution in [1.29, 1.82) is 0 Å². The third kappa shape index (κ3) is 4.13. The van der Waals surface area contributed by atoms with E-state index in [0.29, 0.717) is 5.92 Å². The van der Waals surface area contributed by atoms with E-state index in [1.165, 1.54) is 12.1 Å². The molecule has 5 heteroatoms. The molecule has 2 unspecified atom stereocenters. The summed E-state index contributed by atoms with van der Waals surface area (Å²) in [6.45, 7) is 3.71. The Hall–Kier alpha value is -1.91. The maximum atomic E-state index is 13.6. The van der Waals surface area contributed by atoms with Gasteiger partial charge in [-0.1, -0.05) is 49.4 Å². The van der Waals surface area contributed by atoms with Gasteiger partial charge in [0.25, 0.3) is 0 Å². The zero-order valence-electron chi connectivity index (χ0n) is 13.5. The van der Waals surface area contributed by atoms with Gasteiger partial charge in [-0.25, -0.2) is 4.39 Å². The summed E-state index contributed by atoms with van der Waals surface area (Å²) in [5, 5.41) is 6.28. The topological polar surface area (TPSA) is 41.1 Å². The smallest absolute Gasteiger partial charge is 0.223 e. The minimum absolute atomic E-state index is 0. The molecule has 1 aliphatic heterocycles. The van der Waals surface area contributed by atoms with E-state index in [9.17, 15) is 9.18 Å². The number of carbonyl (C=O) groups excluding carboxylic acids is 1. The molecule has 2 aromatic carbocycles. The Labute approximate surface area is 148 Å². The van der Waals surface area contributed by atoms with Gasteiger partial charge in [0.2, 0.25) is 5.91 Å². The van der Waals surface area contributed by atoms with Crippen LogP contribution in [0.2, 0.25) is 0 Å². The predicted molar refractivity (Wildman–Crippen MR) is 95.6 cm³/mol. The second kappa shape index (κ2) is 8.27. The Kier molecular flexibility index (Phi) is 6.35. The lowest BCUT2D eigenvalue weighted by molar-refractivity contribution is -0.127. The lowest BCUT2D eigenvalue weighted by Crippen LogP contribution is -2.50. The molecule has 2 aromatic rings. The summed E-state index contributed by atoms with van der Waals surface area (Å²) in [7, 11) is 0. The second-order valence-electron chi connectivity index (χ2n) is 6.11. The van der Waals surface area contributed by atoms with Crippen molar-refractivity contribution in [2.45, 2.75) is 13.0 Å². The highest BCUT2D eigenvalue weighted by molar-refractivity contribution is 5.85. The Morgan fingerprint density at radius 3 is 2.38 bits per heavy atom. The highest BCUT2D eigenvalue weighted by atomic mass is 35.5. The fraction of sp³-hybridized carbons (Fsp3) is 0.316. The second-order valence-corrected chi connectivity index (χ2v) is 6.11. The van der Waals surface area contributed by atoms with E-state index in [1.807, 2.05) is 43.3 Å². The van der Waals surface area contributed by atoms with Gasteiger partial charge in [-0.2, -0.15) is 0 Å². The largest absolute Gasteiger partial charge is 0.345 e. The van der Waals surface area contributed by atoms with Crippen LogP contribution in [-0.2, 0) is 4.79 Å². The van der Waals surface area contributed by atoms with Gasteiger partial charge in [0.05, 0.1) is 6.04 Å². The van der Waals surface area contributed by atoms with Crippen LogP contribution in [0.5, 0.6) is 0 Å². The molecule has 3 nitrogen and oxygen atoms in total. The average Bonchev–Trinajstić information content (AvgIpc) is 2.51. The maximum absolute atomic E-state index is 13.6. The van der Waals surface area contributed by atoms with Gasteiger partial charge < -0.3 is 10.6 Å². The molecule has 24 heavy (non-hydrogen) atoms. The van der Waals surface area contributed by atoms with E-state index >= 15 is 0 Å². The van der Waals surface area contributed by atoms with Crippen molar-refractivity contribution in [3.8, 4) is 0 Å². The van der Waals surface area contributed by atoms with Gasteiger partial charge in [-0.15, -0.1) is 12.4 Å². The minimum atomic E-state index is -0.338. The molecule has 0 aromatic heterocycles. The zero-order valence-corrected chi connectivity index (χ0v) is 14.4. The van der Waals surface area contributed by atoms with Crippen LogP contribution in [0.4, 0.5) is 4.39 Å². The Balaban J connectivity index is 0.00000208. The fourth-order valence-electron chi connectivity index (χ4n) is 2.84. The Morgan fingerprint density at radius 2 is 1.79 bits per heavy atom. The van der Waals surface area contributed by atoms with Crippen molar-refractivity contribution in [2.75, 3.05) is 13.1 Å². The molecule has 0 radical (unpaired) electrons. The average molecular weight is 349 g/mol. The summed E-state index contributed by atoms with van der Waals surface area (Å²) < 4.78 is 13.6. The van der Waals surface area contributed by atoms with Gasteiger partial charge in [-0.05, 0) is 42.3 Å². The van der Waals surface area contributed by atoms with Crippen LogP contribution >= 0.6 is 12.4 Å². The molecule has 3 rings (SSSR count). The summed E-state index contributed by atoms with van der Waals surface area (Å²) in [4.78, 5) is 12.6. The molecule has 1 saturated heterocycles. The number of rotatable bonds is 5. The minimum Gasteiger partial charge on any atom is -0.345 e. The molecule has 0 aliphatic carbocycles. The first-order valence-corrected chi connectivity index (χ1v) is 7.96. The number of nitrogens with one attached hydrogen (secondary N) is 2. The van der Waals surface area contributed by atoms with Crippen molar-refractivity contribution in [2.24, 2.45) is 11.8 Å². The first-order valence-electron chi connectivity index (χ1n) is 7.96. The fourth-order valence-corrected chi connectivity index (χ4v) is 2.84. The van der Waals surface area contributed by atoms with E-state index in [4.69, 9.17) is 0 Å². The molecule has 1 aliphatic rings. The van der Waals surface area contributed by atoms with Crippen LogP contribution in [0.15, 0.2) is 54.6 Å². The lowest BCUT2D eigenvalue weighted by atomic mass is 9.87. The first-order chi connectivity index (χ1) is 11.1. The van der Waals surface area contributed by atoms with E-state index in [1.54, 1.807) is 6.07 Å². The molecule has 128 valence electrons. The van der Waals surface area contributed by atoms with Crippen LogP contribution in [0.3, 0.4) is 0 Å². The summed E-state index contributed by atoms with van der Waals surface area (Å²) >= 11 is 0. The number of amides is 1. The third-order valence-electron chi connectivity index (χ3n) is 4.54. The Bertz CT molecular complexity index is 676. The lowest BCUT2D eigenvalue weighted by Gasteiger charge is -2.33. The van der Waals surface area contributed by atoms with E-state index in [-0.39, 0.29) is 36.1 Å². The van der Waals surface area contributed by atoms with Crippen LogP contribution in [0.25, 0.3) is 0 Å². The maximum Gasteiger partial charge on any atom is 0.223 e. The molecule has 1 fully saturated rings. The van der Waals surface area contributed by atoms with Crippen molar-refractivity contribution in [1.82, 2.24) is 10.6 Å². The highest BCUT2D eigenvalue weighted by Crippen LogP contribution is 2.24. The quantitative estimate of drug-likeness (QED) is 0.870. The van der Waals surface area contributed by atoms with Gasteiger partial charge in [0, 0.05) is 5.92 Å². The van der Waals surface area contributed by atoms with Gasteiger partial charge in [0.1, 0.15) is 5.82 Å². The molecule has 0 bridgehead atoms. The molecule has 2 atom stereocenters. The zero-order chi connectivity index (χ0) is 16.2. The van der Waals surface area contributed by atoms with Crippen LogP contribution in [0.1, 0.15) is 24.1 Å². The summed E-state index contributed by atoms with van der Waals surface area (Å²) in [5.41, 5.74) is 1.70. The van der Waals surface area contributed by atoms with E-state index < -0.39 is 0 Å². The molecule has 1 amide bonds. The van der Waals surface area contributed by atoms with Crippen molar-refractivity contribution >= 4 is 18.3 Å². The molecular weight excluding hydrogens is 327 g/mol. The molecular formula is C19H22ClFN2O.